The number of aromatic hydroxyl groups is 2. The van der Waals surface area contributed by atoms with E-state index in [1.807, 2.05) is 46.8 Å². The Morgan fingerprint density at radius 2 is 1.69 bits per heavy atom. The monoisotopic (exact) mass is 424 g/mol. The fourth-order valence-corrected chi connectivity index (χ4v) is 2.91. The van der Waals surface area contributed by atoms with Crippen LogP contribution in [-0.2, 0) is 22.6 Å². The van der Waals surface area contributed by atoms with Gasteiger partial charge < -0.3 is 20.1 Å². The summed E-state index contributed by atoms with van der Waals surface area (Å²) in [5.74, 6) is -0.494. The van der Waals surface area contributed by atoms with Gasteiger partial charge in [-0.05, 0) is 71.9 Å². The molecule has 0 saturated heterocycles. The Bertz CT molecular complexity index is 801. The van der Waals surface area contributed by atoms with Crippen LogP contribution in [0.25, 0.3) is 0 Å². The molecule has 162 valence electrons. The van der Waals surface area contributed by atoms with Crippen LogP contribution in [0.5, 0.6) is 11.5 Å². The third kappa shape index (κ3) is 7.09. The summed E-state index contributed by atoms with van der Waals surface area (Å²) in [4.78, 5) is 11.8. The fraction of sp³-hybridized carbons (Fsp3) is 0.522. The summed E-state index contributed by atoms with van der Waals surface area (Å²) in [5.41, 5.74) is 2.68. The smallest absolute Gasteiger partial charge is 0.311 e. The van der Waals surface area contributed by atoms with Crippen molar-refractivity contribution in [3.8, 4) is 11.5 Å². The number of esters is 1. The van der Waals surface area contributed by atoms with Crippen LogP contribution in [0.2, 0.25) is 5.02 Å². The van der Waals surface area contributed by atoms with Crippen molar-refractivity contribution in [2.24, 2.45) is 5.41 Å². The largest absolute Gasteiger partial charge is 0.507 e. The summed E-state index contributed by atoms with van der Waals surface area (Å²) in [7, 11) is 0. The predicted molar refractivity (Wildman–Crippen MR) is 116 cm³/mol. The van der Waals surface area contributed by atoms with E-state index in [1.165, 1.54) is 0 Å². The molecular formula is C23H33ClO5. The Balaban J connectivity index is 2.70. The zero-order valence-electron chi connectivity index (χ0n) is 18.2. The third-order valence-electron chi connectivity index (χ3n) is 4.73. The van der Waals surface area contributed by atoms with Gasteiger partial charge in [0, 0.05) is 11.1 Å². The molecule has 0 aliphatic heterocycles. The second kappa shape index (κ2) is 10.7. The first-order valence-electron chi connectivity index (χ1n) is 9.71. The lowest BCUT2D eigenvalue weighted by Crippen LogP contribution is -2.23. The highest BCUT2D eigenvalue weighted by Crippen LogP contribution is 2.41. The summed E-state index contributed by atoms with van der Waals surface area (Å²) in [6.07, 6.45) is 5.84. The Hall–Kier alpha value is -1.98. The third-order valence-corrected chi connectivity index (χ3v) is 5.20. The first-order valence-corrected chi connectivity index (χ1v) is 10.1. The fourth-order valence-electron chi connectivity index (χ4n) is 2.68. The molecular weight excluding hydrogens is 392 g/mol. The SMILES string of the molecule is C/C(=C\Cc1c(O)c(Cl)c(C)c(CO)c1O)CC/C=C(\C)COC(=O)C(C)(C)C. The Morgan fingerprint density at radius 3 is 2.24 bits per heavy atom. The summed E-state index contributed by atoms with van der Waals surface area (Å²) in [5, 5.41) is 30.2. The quantitative estimate of drug-likeness (QED) is 0.386. The zero-order chi connectivity index (χ0) is 22.4. The number of carbonyl (C=O) groups is 1. The standard InChI is InChI=1S/C23H33ClO5/c1-14(8-7-9-15(2)13-29-22(28)23(4,5)6)10-11-17-20(26)18(12-25)16(3)19(24)21(17)27/h9-10,25-27H,7-8,11-13H2,1-6H3/b14-10+,15-9+. The molecule has 1 rings (SSSR count). The molecule has 6 heteroatoms. The van der Waals surface area contributed by atoms with E-state index in [9.17, 15) is 20.1 Å². The van der Waals surface area contributed by atoms with Gasteiger partial charge in [0.05, 0.1) is 17.0 Å². The Kier molecular flexibility index (Phi) is 9.24. The van der Waals surface area contributed by atoms with Gasteiger partial charge in [0.25, 0.3) is 0 Å². The van der Waals surface area contributed by atoms with Gasteiger partial charge >= 0.3 is 5.97 Å². The molecule has 0 bridgehead atoms. The van der Waals surface area contributed by atoms with Crippen molar-refractivity contribution < 1.29 is 24.9 Å². The average Bonchev–Trinajstić information content (AvgIpc) is 2.64. The number of aliphatic hydroxyl groups excluding tert-OH is 1. The molecule has 0 saturated carbocycles. The van der Waals surface area contributed by atoms with Crippen LogP contribution >= 0.6 is 11.6 Å². The Labute approximate surface area is 178 Å². The first kappa shape index (κ1) is 25.1. The summed E-state index contributed by atoms with van der Waals surface area (Å²) >= 11 is 6.12. The number of rotatable bonds is 8. The van der Waals surface area contributed by atoms with Gasteiger partial charge in [-0.3, -0.25) is 4.79 Å². The molecule has 0 aromatic heterocycles. The normalized spacial score (nSPS) is 13.0. The van der Waals surface area contributed by atoms with Crippen LogP contribution in [-0.4, -0.2) is 27.9 Å². The number of phenols is 2. The van der Waals surface area contributed by atoms with Crippen molar-refractivity contribution >= 4 is 17.6 Å². The van der Waals surface area contributed by atoms with E-state index in [1.54, 1.807) is 6.92 Å². The number of hydrogen-bond donors (Lipinski definition) is 3. The molecule has 1 aromatic rings. The molecule has 0 radical (unpaired) electrons. The molecule has 0 fully saturated rings. The summed E-state index contributed by atoms with van der Waals surface area (Å²) in [6.45, 7) is 10.9. The van der Waals surface area contributed by atoms with Crippen LogP contribution in [0, 0.1) is 12.3 Å². The van der Waals surface area contributed by atoms with Gasteiger partial charge in [0.1, 0.15) is 18.1 Å². The second-order valence-corrected chi connectivity index (χ2v) is 8.80. The maximum atomic E-state index is 11.8. The maximum absolute atomic E-state index is 11.8. The minimum absolute atomic E-state index is 0.118. The second-order valence-electron chi connectivity index (χ2n) is 8.42. The van der Waals surface area contributed by atoms with Crippen molar-refractivity contribution in [3.05, 3.63) is 45.0 Å². The van der Waals surface area contributed by atoms with Crippen LogP contribution < -0.4 is 0 Å². The van der Waals surface area contributed by atoms with Gasteiger partial charge in [-0.15, -0.1) is 0 Å². The first-order chi connectivity index (χ1) is 13.4. The number of ether oxygens (including phenoxy) is 1. The molecule has 3 N–H and O–H groups in total. The minimum atomic E-state index is -0.508. The van der Waals surface area contributed by atoms with Gasteiger partial charge in [0.2, 0.25) is 0 Å². The van der Waals surface area contributed by atoms with Gasteiger partial charge in [-0.2, -0.15) is 0 Å². The molecule has 0 unspecified atom stereocenters. The van der Waals surface area contributed by atoms with E-state index in [0.29, 0.717) is 23.1 Å². The Morgan fingerprint density at radius 1 is 1.07 bits per heavy atom. The van der Waals surface area contributed by atoms with Crippen molar-refractivity contribution in [1.29, 1.82) is 0 Å². The number of halogens is 1. The van der Waals surface area contributed by atoms with E-state index in [4.69, 9.17) is 16.3 Å². The van der Waals surface area contributed by atoms with E-state index >= 15 is 0 Å². The molecule has 29 heavy (non-hydrogen) atoms. The lowest BCUT2D eigenvalue weighted by molar-refractivity contribution is -0.151. The predicted octanol–water partition coefficient (Wildman–Crippen LogP) is 5.36. The van der Waals surface area contributed by atoms with Crippen molar-refractivity contribution in [3.63, 3.8) is 0 Å². The van der Waals surface area contributed by atoms with Crippen LogP contribution in [0.1, 0.15) is 64.2 Å². The molecule has 0 amide bonds. The van der Waals surface area contributed by atoms with Crippen molar-refractivity contribution in [2.45, 2.75) is 67.4 Å². The van der Waals surface area contributed by atoms with Crippen molar-refractivity contribution in [2.75, 3.05) is 6.61 Å². The van der Waals surface area contributed by atoms with Crippen molar-refractivity contribution in [1.82, 2.24) is 0 Å². The van der Waals surface area contributed by atoms with Gasteiger partial charge in [0.15, 0.2) is 0 Å². The number of carbonyl (C=O) groups excluding carboxylic acids is 1. The molecule has 0 aliphatic carbocycles. The van der Waals surface area contributed by atoms with Crippen LogP contribution in [0.15, 0.2) is 23.3 Å². The molecule has 5 nitrogen and oxygen atoms in total. The van der Waals surface area contributed by atoms with E-state index in [-0.39, 0.29) is 35.7 Å². The molecule has 0 aliphatic rings. The number of aliphatic hydroxyl groups is 1. The molecule has 0 spiro atoms. The molecule has 0 atom stereocenters. The summed E-state index contributed by atoms with van der Waals surface area (Å²) < 4.78 is 5.29. The zero-order valence-corrected chi connectivity index (χ0v) is 19.0. The van der Waals surface area contributed by atoms with E-state index in [2.05, 4.69) is 0 Å². The van der Waals surface area contributed by atoms with E-state index in [0.717, 1.165) is 24.0 Å². The van der Waals surface area contributed by atoms with Gasteiger partial charge in [-0.1, -0.05) is 29.3 Å². The summed E-state index contributed by atoms with van der Waals surface area (Å²) in [6, 6.07) is 0. The van der Waals surface area contributed by atoms with Crippen LogP contribution in [0.4, 0.5) is 0 Å². The highest BCUT2D eigenvalue weighted by Gasteiger charge is 2.22. The highest BCUT2D eigenvalue weighted by molar-refractivity contribution is 6.33. The van der Waals surface area contributed by atoms with Crippen LogP contribution in [0.3, 0.4) is 0 Å². The highest BCUT2D eigenvalue weighted by atomic mass is 35.5. The topological polar surface area (TPSA) is 87.0 Å². The van der Waals surface area contributed by atoms with Gasteiger partial charge in [-0.25, -0.2) is 0 Å². The minimum Gasteiger partial charge on any atom is -0.507 e. The molecule has 0 heterocycles. The number of allylic oxidation sites excluding steroid dienone is 3. The lowest BCUT2D eigenvalue weighted by atomic mass is 9.97. The lowest BCUT2D eigenvalue weighted by Gasteiger charge is -2.16. The number of hydrogen-bond acceptors (Lipinski definition) is 5. The van der Waals surface area contributed by atoms with E-state index < -0.39 is 5.41 Å². The number of phenolic OH excluding ortho intramolecular Hbond substituents is 1. The number of benzene rings is 1. The average molecular weight is 425 g/mol. The maximum Gasteiger partial charge on any atom is 0.311 e. The molecule has 1 aromatic carbocycles.